The first-order valence-corrected chi connectivity index (χ1v) is 7.74. The topological polar surface area (TPSA) is 47.6 Å². The van der Waals surface area contributed by atoms with E-state index < -0.39 is 0 Å². The van der Waals surface area contributed by atoms with E-state index in [1.807, 2.05) is 37.3 Å². The van der Waals surface area contributed by atoms with E-state index in [0.717, 1.165) is 5.56 Å². The van der Waals surface area contributed by atoms with Crippen molar-refractivity contribution in [1.29, 1.82) is 0 Å². The smallest absolute Gasteiger partial charge is 0.255 e. The number of methoxy groups -OCH3 is 1. The van der Waals surface area contributed by atoms with E-state index in [4.69, 9.17) is 21.1 Å². The molecule has 0 fully saturated rings. The molecule has 0 bridgehead atoms. The van der Waals surface area contributed by atoms with Gasteiger partial charge in [-0.25, -0.2) is 0 Å². The number of halogens is 1. The van der Waals surface area contributed by atoms with Gasteiger partial charge in [0.05, 0.1) is 12.2 Å². The number of carbonyl (C=O) groups is 1. The molecule has 1 atom stereocenters. The van der Waals surface area contributed by atoms with Crippen LogP contribution in [0.1, 0.15) is 22.8 Å². The highest BCUT2D eigenvalue weighted by Crippen LogP contribution is 2.22. The van der Waals surface area contributed by atoms with Crippen LogP contribution in [-0.4, -0.2) is 25.7 Å². The molecule has 2 rings (SSSR count). The monoisotopic (exact) mass is 333 g/mol. The Labute approximate surface area is 141 Å². The molecule has 0 aliphatic carbocycles. The van der Waals surface area contributed by atoms with Crippen LogP contribution >= 0.6 is 11.6 Å². The van der Waals surface area contributed by atoms with Gasteiger partial charge in [0.2, 0.25) is 0 Å². The Kier molecular flexibility index (Phi) is 6.44. The number of benzene rings is 2. The summed E-state index contributed by atoms with van der Waals surface area (Å²) < 4.78 is 10.8. The second kappa shape index (κ2) is 8.56. The minimum atomic E-state index is -0.190. The Morgan fingerprint density at radius 1 is 1.17 bits per heavy atom. The first kappa shape index (κ1) is 17.3. The minimum absolute atomic E-state index is 0.0795. The molecule has 0 aromatic heterocycles. The molecular weight excluding hydrogens is 314 g/mol. The first-order chi connectivity index (χ1) is 11.1. The molecule has 5 heteroatoms. The highest BCUT2D eigenvalue weighted by Gasteiger charge is 2.14. The fourth-order valence-corrected chi connectivity index (χ4v) is 2.33. The van der Waals surface area contributed by atoms with Crippen molar-refractivity contribution in [3.63, 3.8) is 0 Å². The van der Waals surface area contributed by atoms with Gasteiger partial charge in [0.15, 0.2) is 0 Å². The Morgan fingerprint density at radius 3 is 2.61 bits per heavy atom. The summed E-state index contributed by atoms with van der Waals surface area (Å²) in [5, 5.41) is 3.52. The Morgan fingerprint density at radius 2 is 1.87 bits per heavy atom. The van der Waals surface area contributed by atoms with Crippen molar-refractivity contribution < 1.29 is 14.3 Å². The van der Waals surface area contributed by atoms with Crippen LogP contribution in [0.15, 0.2) is 48.5 Å². The molecule has 0 aliphatic heterocycles. The number of nitrogens with one attached hydrogen (secondary N) is 1. The number of hydrogen-bond donors (Lipinski definition) is 1. The van der Waals surface area contributed by atoms with Crippen LogP contribution < -0.4 is 10.1 Å². The SMILES string of the molecule is COCC(C)NC(=O)c1ccccc1OCc1ccccc1Cl. The molecule has 2 aromatic carbocycles. The van der Waals surface area contributed by atoms with Gasteiger partial charge in [-0.05, 0) is 25.1 Å². The number of para-hydroxylation sites is 1. The summed E-state index contributed by atoms with van der Waals surface area (Å²) in [6.45, 7) is 2.64. The van der Waals surface area contributed by atoms with E-state index >= 15 is 0 Å². The van der Waals surface area contributed by atoms with Crippen LogP contribution in [0.5, 0.6) is 5.75 Å². The Hall–Kier alpha value is -2.04. The molecule has 23 heavy (non-hydrogen) atoms. The lowest BCUT2D eigenvalue weighted by Crippen LogP contribution is -2.35. The molecule has 0 radical (unpaired) electrons. The van der Waals surface area contributed by atoms with E-state index in [0.29, 0.717) is 29.5 Å². The third-order valence-corrected chi connectivity index (χ3v) is 3.64. The molecule has 122 valence electrons. The molecule has 0 heterocycles. The van der Waals surface area contributed by atoms with Gasteiger partial charge in [-0.15, -0.1) is 0 Å². The van der Waals surface area contributed by atoms with Crippen molar-refractivity contribution >= 4 is 17.5 Å². The van der Waals surface area contributed by atoms with Gasteiger partial charge in [0.25, 0.3) is 5.91 Å². The number of amides is 1. The number of carbonyl (C=O) groups excluding carboxylic acids is 1. The zero-order valence-corrected chi connectivity index (χ0v) is 14.0. The van der Waals surface area contributed by atoms with Crippen molar-refractivity contribution in [2.45, 2.75) is 19.6 Å². The lowest BCUT2D eigenvalue weighted by molar-refractivity contribution is 0.0901. The zero-order valence-electron chi connectivity index (χ0n) is 13.2. The fourth-order valence-electron chi connectivity index (χ4n) is 2.14. The van der Waals surface area contributed by atoms with Crippen molar-refractivity contribution in [2.75, 3.05) is 13.7 Å². The van der Waals surface area contributed by atoms with Crippen LogP contribution in [0.25, 0.3) is 0 Å². The van der Waals surface area contributed by atoms with E-state index in [1.54, 1.807) is 25.3 Å². The summed E-state index contributed by atoms with van der Waals surface area (Å²) in [7, 11) is 1.60. The van der Waals surface area contributed by atoms with Crippen LogP contribution in [0, 0.1) is 0 Å². The van der Waals surface area contributed by atoms with Crippen molar-refractivity contribution in [1.82, 2.24) is 5.32 Å². The number of ether oxygens (including phenoxy) is 2. The lowest BCUT2D eigenvalue weighted by Gasteiger charge is -2.15. The molecule has 0 aliphatic rings. The standard InChI is InChI=1S/C18H20ClNO3/c1-13(11-22-2)20-18(21)15-8-4-6-10-17(15)23-12-14-7-3-5-9-16(14)19/h3-10,13H,11-12H2,1-2H3,(H,20,21). The van der Waals surface area contributed by atoms with Crippen molar-refractivity contribution in [2.24, 2.45) is 0 Å². The third-order valence-electron chi connectivity index (χ3n) is 3.27. The molecule has 0 spiro atoms. The predicted molar refractivity (Wildman–Crippen MR) is 91.0 cm³/mol. The molecular formula is C18H20ClNO3. The summed E-state index contributed by atoms with van der Waals surface area (Å²) in [4.78, 5) is 12.4. The average molecular weight is 334 g/mol. The normalized spacial score (nSPS) is 11.8. The van der Waals surface area contributed by atoms with Gasteiger partial charge in [-0.2, -0.15) is 0 Å². The van der Waals surface area contributed by atoms with Crippen molar-refractivity contribution in [3.05, 3.63) is 64.7 Å². The lowest BCUT2D eigenvalue weighted by atomic mass is 10.1. The van der Waals surface area contributed by atoms with E-state index in [2.05, 4.69) is 5.32 Å². The Balaban J connectivity index is 2.08. The number of rotatable bonds is 7. The van der Waals surface area contributed by atoms with Crippen molar-refractivity contribution in [3.8, 4) is 5.75 Å². The molecule has 0 saturated carbocycles. The maximum Gasteiger partial charge on any atom is 0.255 e. The summed E-state index contributed by atoms with van der Waals surface area (Å²) in [6.07, 6.45) is 0. The highest BCUT2D eigenvalue weighted by molar-refractivity contribution is 6.31. The van der Waals surface area contributed by atoms with Gasteiger partial charge in [0, 0.05) is 23.7 Å². The van der Waals surface area contributed by atoms with Gasteiger partial charge < -0.3 is 14.8 Å². The van der Waals surface area contributed by atoms with Crippen LogP contribution in [0.2, 0.25) is 5.02 Å². The summed E-state index contributed by atoms with van der Waals surface area (Å²) in [5.74, 6) is 0.332. The molecule has 0 saturated heterocycles. The summed E-state index contributed by atoms with van der Waals surface area (Å²) in [5.41, 5.74) is 1.36. The molecule has 2 aromatic rings. The van der Waals surface area contributed by atoms with E-state index in [-0.39, 0.29) is 11.9 Å². The van der Waals surface area contributed by atoms with Gasteiger partial charge >= 0.3 is 0 Å². The second-order valence-electron chi connectivity index (χ2n) is 5.21. The molecule has 4 nitrogen and oxygen atoms in total. The minimum Gasteiger partial charge on any atom is -0.488 e. The zero-order chi connectivity index (χ0) is 16.7. The van der Waals surface area contributed by atoms with Gasteiger partial charge in [-0.3, -0.25) is 4.79 Å². The van der Waals surface area contributed by atoms with Crippen LogP contribution in [0.4, 0.5) is 0 Å². The average Bonchev–Trinajstić information content (AvgIpc) is 2.54. The molecule has 1 unspecified atom stereocenters. The summed E-state index contributed by atoms with van der Waals surface area (Å²) >= 11 is 6.12. The number of hydrogen-bond acceptors (Lipinski definition) is 3. The van der Waals surface area contributed by atoms with Gasteiger partial charge in [-0.1, -0.05) is 41.9 Å². The molecule has 1 amide bonds. The second-order valence-corrected chi connectivity index (χ2v) is 5.61. The third kappa shape index (κ3) is 4.98. The highest BCUT2D eigenvalue weighted by atomic mass is 35.5. The van der Waals surface area contributed by atoms with Crippen LogP contribution in [0.3, 0.4) is 0 Å². The maximum absolute atomic E-state index is 12.4. The molecule has 1 N–H and O–H groups in total. The summed E-state index contributed by atoms with van der Waals surface area (Å²) in [6, 6.07) is 14.5. The van der Waals surface area contributed by atoms with E-state index in [9.17, 15) is 4.79 Å². The fraction of sp³-hybridized carbons (Fsp3) is 0.278. The largest absolute Gasteiger partial charge is 0.488 e. The van der Waals surface area contributed by atoms with Crippen LogP contribution in [-0.2, 0) is 11.3 Å². The first-order valence-electron chi connectivity index (χ1n) is 7.37. The predicted octanol–water partition coefficient (Wildman–Crippen LogP) is 3.68. The van der Waals surface area contributed by atoms with Gasteiger partial charge in [0.1, 0.15) is 12.4 Å². The quantitative estimate of drug-likeness (QED) is 0.840. The Bertz CT molecular complexity index is 660. The maximum atomic E-state index is 12.4. The van der Waals surface area contributed by atoms with E-state index in [1.165, 1.54) is 0 Å².